The fraction of sp³-hybridized carbons (Fsp3) is 0.636. The fourth-order valence-electron chi connectivity index (χ4n) is 1.27. The van der Waals surface area contributed by atoms with Crippen molar-refractivity contribution in [3.63, 3.8) is 0 Å². The minimum Gasteiger partial charge on any atom is -0.303 e. The molecule has 0 aliphatic carbocycles. The Morgan fingerprint density at radius 3 is 2.69 bits per heavy atom. The van der Waals surface area contributed by atoms with Gasteiger partial charge in [0.2, 0.25) is 0 Å². The summed E-state index contributed by atoms with van der Waals surface area (Å²) in [5.41, 5.74) is 1.30. The average molecular weight is 179 g/mol. The standard InChI is InChI=1S/C11H17NO/c1-3-10(4-2)8-11(9-13)6-5-7-12/h3,9,11H,4-6,8H2,1-2H3. The molecule has 0 radical (unpaired) electrons. The number of carbonyl (C=O) groups excluding carboxylic acids is 1. The summed E-state index contributed by atoms with van der Waals surface area (Å²) < 4.78 is 0. The number of rotatable bonds is 6. The van der Waals surface area contributed by atoms with Gasteiger partial charge >= 0.3 is 0 Å². The van der Waals surface area contributed by atoms with Crippen LogP contribution >= 0.6 is 0 Å². The van der Waals surface area contributed by atoms with Gasteiger partial charge in [-0.2, -0.15) is 5.26 Å². The molecule has 0 heterocycles. The van der Waals surface area contributed by atoms with E-state index in [0.717, 1.165) is 19.1 Å². The average Bonchev–Trinajstić information content (AvgIpc) is 2.19. The van der Waals surface area contributed by atoms with E-state index in [1.54, 1.807) is 0 Å². The van der Waals surface area contributed by atoms with E-state index in [0.29, 0.717) is 12.8 Å². The molecular weight excluding hydrogens is 162 g/mol. The number of carbonyl (C=O) groups is 1. The monoisotopic (exact) mass is 179 g/mol. The van der Waals surface area contributed by atoms with Crippen LogP contribution in [0.1, 0.15) is 39.5 Å². The van der Waals surface area contributed by atoms with Crippen molar-refractivity contribution in [3.05, 3.63) is 11.6 Å². The molecule has 0 aromatic carbocycles. The van der Waals surface area contributed by atoms with Crippen LogP contribution in [-0.4, -0.2) is 6.29 Å². The maximum Gasteiger partial charge on any atom is 0.123 e. The number of nitriles is 1. The number of nitrogens with zero attached hydrogens (tertiary/aromatic N) is 1. The van der Waals surface area contributed by atoms with Crippen LogP contribution in [0.4, 0.5) is 0 Å². The Balaban J connectivity index is 3.97. The molecule has 1 unspecified atom stereocenters. The Morgan fingerprint density at radius 1 is 1.62 bits per heavy atom. The van der Waals surface area contributed by atoms with Crippen molar-refractivity contribution >= 4 is 6.29 Å². The predicted molar refractivity (Wildman–Crippen MR) is 53.1 cm³/mol. The smallest absolute Gasteiger partial charge is 0.123 e. The molecule has 0 amide bonds. The minimum absolute atomic E-state index is 0.0331. The van der Waals surface area contributed by atoms with E-state index in [4.69, 9.17) is 5.26 Å². The molecule has 72 valence electrons. The second kappa shape index (κ2) is 7.54. The van der Waals surface area contributed by atoms with Crippen LogP contribution < -0.4 is 0 Å². The van der Waals surface area contributed by atoms with E-state index in [1.807, 2.05) is 6.92 Å². The zero-order valence-electron chi connectivity index (χ0n) is 8.42. The fourth-order valence-corrected chi connectivity index (χ4v) is 1.27. The minimum atomic E-state index is 0.0331. The van der Waals surface area contributed by atoms with Gasteiger partial charge in [0.05, 0.1) is 6.07 Å². The first-order valence-electron chi connectivity index (χ1n) is 4.74. The predicted octanol–water partition coefficient (Wildman–Crippen LogP) is 2.85. The first-order chi connectivity index (χ1) is 6.28. The van der Waals surface area contributed by atoms with E-state index in [2.05, 4.69) is 19.1 Å². The van der Waals surface area contributed by atoms with Crippen LogP contribution in [0, 0.1) is 17.2 Å². The molecule has 0 N–H and O–H groups in total. The summed E-state index contributed by atoms with van der Waals surface area (Å²) in [6.07, 6.45) is 6.01. The summed E-state index contributed by atoms with van der Waals surface area (Å²) in [6.45, 7) is 4.08. The van der Waals surface area contributed by atoms with Crippen molar-refractivity contribution in [1.29, 1.82) is 5.26 Å². The number of hydrogen-bond donors (Lipinski definition) is 0. The third-order valence-corrected chi connectivity index (χ3v) is 2.21. The Bertz CT molecular complexity index is 213. The topological polar surface area (TPSA) is 40.9 Å². The molecule has 0 saturated carbocycles. The lowest BCUT2D eigenvalue weighted by Gasteiger charge is -2.09. The molecule has 0 aromatic heterocycles. The molecule has 0 rings (SSSR count). The first-order valence-corrected chi connectivity index (χ1v) is 4.74. The molecule has 0 aliphatic heterocycles. The maximum atomic E-state index is 10.6. The third-order valence-electron chi connectivity index (χ3n) is 2.21. The molecule has 2 heteroatoms. The van der Waals surface area contributed by atoms with E-state index < -0.39 is 0 Å². The van der Waals surface area contributed by atoms with Crippen molar-refractivity contribution in [1.82, 2.24) is 0 Å². The van der Waals surface area contributed by atoms with Gasteiger partial charge in [0.25, 0.3) is 0 Å². The number of aldehydes is 1. The van der Waals surface area contributed by atoms with Gasteiger partial charge in [-0.3, -0.25) is 0 Å². The van der Waals surface area contributed by atoms with Gasteiger partial charge < -0.3 is 4.79 Å². The molecule has 0 spiro atoms. The van der Waals surface area contributed by atoms with Gasteiger partial charge in [0.15, 0.2) is 0 Å². The molecule has 0 saturated heterocycles. The normalized spacial score (nSPS) is 13.5. The molecular formula is C11H17NO. The molecule has 0 aromatic rings. The molecule has 2 nitrogen and oxygen atoms in total. The van der Waals surface area contributed by atoms with Crippen molar-refractivity contribution in [2.45, 2.75) is 39.5 Å². The van der Waals surface area contributed by atoms with Crippen LogP contribution in [0.2, 0.25) is 0 Å². The van der Waals surface area contributed by atoms with Crippen LogP contribution in [0.5, 0.6) is 0 Å². The Hall–Kier alpha value is -1.10. The quantitative estimate of drug-likeness (QED) is 0.464. The summed E-state index contributed by atoms with van der Waals surface area (Å²) >= 11 is 0. The Morgan fingerprint density at radius 2 is 2.31 bits per heavy atom. The zero-order chi connectivity index (χ0) is 10.1. The molecule has 0 aliphatic rings. The highest BCUT2D eigenvalue weighted by molar-refractivity contribution is 5.54. The van der Waals surface area contributed by atoms with E-state index in [9.17, 15) is 4.79 Å². The second-order valence-electron chi connectivity index (χ2n) is 3.10. The van der Waals surface area contributed by atoms with Gasteiger partial charge in [-0.25, -0.2) is 0 Å². The van der Waals surface area contributed by atoms with Crippen molar-refractivity contribution in [3.8, 4) is 6.07 Å². The maximum absolute atomic E-state index is 10.6. The van der Waals surface area contributed by atoms with E-state index in [1.165, 1.54) is 5.57 Å². The van der Waals surface area contributed by atoms with E-state index in [-0.39, 0.29) is 5.92 Å². The molecule has 0 bridgehead atoms. The molecule has 0 fully saturated rings. The summed E-state index contributed by atoms with van der Waals surface area (Å²) in [7, 11) is 0. The van der Waals surface area contributed by atoms with Crippen LogP contribution in [0.3, 0.4) is 0 Å². The highest BCUT2D eigenvalue weighted by Crippen LogP contribution is 2.17. The first kappa shape index (κ1) is 11.9. The summed E-state index contributed by atoms with van der Waals surface area (Å²) in [6, 6.07) is 2.06. The van der Waals surface area contributed by atoms with Gasteiger partial charge in [0, 0.05) is 12.3 Å². The van der Waals surface area contributed by atoms with Gasteiger partial charge in [-0.15, -0.1) is 0 Å². The summed E-state index contributed by atoms with van der Waals surface area (Å²) in [5.74, 6) is 0.0331. The second-order valence-corrected chi connectivity index (χ2v) is 3.10. The lowest BCUT2D eigenvalue weighted by Crippen LogP contribution is -2.03. The Labute approximate surface area is 80.3 Å². The largest absolute Gasteiger partial charge is 0.303 e. The molecule has 1 atom stereocenters. The SMILES string of the molecule is CC=C(CC)CC(C=O)CCC#N. The highest BCUT2D eigenvalue weighted by Gasteiger charge is 2.08. The Kier molecular flexibility index (Phi) is 6.91. The van der Waals surface area contributed by atoms with Gasteiger partial charge in [-0.05, 0) is 26.2 Å². The highest BCUT2D eigenvalue weighted by atomic mass is 16.1. The van der Waals surface area contributed by atoms with Gasteiger partial charge in [0.1, 0.15) is 6.29 Å². The van der Waals surface area contributed by atoms with Gasteiger partial charge in [-0.1, -0.05) is 18.6 Å². The van der Waals surface area contributed by atoms with Crippen LogP contribution in [0.25, 0.3) is 0 Å². The van der Waals surface area contributed by atoms with Crippen molar-refractivity contribution < 1.29 is 4.79 Å². The summed E-state index contributed by atoms with van der Waals surface area (Å²) in [5, 5.41) is 8.38. The molecule has 13 heavy (non-hydrogen) atoms. The van der Waals surface area contributed by atoms with Crippen LogP contribution in [0.15, 0.2) is 11.6 Å². The lowest BCUT2D eigenvalue weighted by atomic mass is 9.95. The van der Waals surface area contributed by atoms with E-state index >= 15 is 0 Å². The van der Waals surface area contributed by atoms with Crippen molar-refractivity contribution in [2.24, 2.45) is 5.92 Å². The number of hydrogen-bond acceptors (Lipinski definition) is 2. The lowest BCUT2D eigenvalue weighted by molar-refractivity contribution is -0.111. The zero-order valence-corrected chi connectivity index (χ0v) is 8.42. The number of allylic oxidation sites excluding steroid dienone is 2. The third kappa shape index (κ3) is 5.19. The van der Waals surface area contributed by atoms with Crippen LogP contribution in [-0.2, 0) is 4.79 Å². The summed E-state index contributed by atoms with van der Waals surface area (Å²) in [4.78, 5) is 10.6. The van der Waals surface area contributed by atoms with Crippen molar-refractivity contribution in [2.75, 3.05) is 0 Å².